The maximum absolute atomic E-state index is 12.1. The molecular weight excluding hydrogens is 352 g/mol. The van der Waals surface area contributed by atoms with E-state index < -0.39 is 5.97 Å². The lowest BCUT2D eigenvalue weighted by molar-refractivity contribution is -0.150. The van der Waals surface area contributed by atoms with E-state index in [1.54, 1.807) is 6.08 Å². The molecule has 0 heterocycles. The molecule has 0 fully saturated rings. The molecule has 0 aliphatic rings. The Balaban J connectivity index is 4.03. The number of unbranched alkanes of at least 4 members (excludes halogenated alkanes) is 8. The fourth-order valence-electron chi connectivity index (χ4n) is 3.05. The number of hydrogen-bond donors (Lipinski definition) is 1. The van der Waals surface area contributed by atoms with Crippen molar-refractivity contribution in [3.63, 3.8) is 0 Å². The Kier molecular flexibility index (Phi) is 19.0. The van der Waals surface area contributed by atoms with E-state index in [9.17, 15) is 9.59 Å². The minimum absolute atomic E-state index is 0.0961. The molecule has 0 aromatic heterocycles. The summed E-state index contributed by atoms with van der Waals surface area (Å²) < 4.78 is 5.67. The van der Waals surface area contributed by atoms with Crippen LogP contribution >= 0.6 is 0 Å². The topological polar surface area (TPSA) is 63.6 Å². The number of aliphatic carboxylic acids is 1. The Morgan fingerprint density at radius 1 is 0.786 bits per heavy atom. The highest BCUT2D eigenvalue weighted by Crippen LogP contribution is 2.15. The van der Waals surface area contributed by atoms with E-state index in [-0.39, 0.29) is 12.1 Å². The van der Waals surface area contributed by atoms with Crippen molar-refractivity contribution in [2.75, 3.05) is 0 Å². The van der Waals surface area contributed by atoms with Gasteiger partial charge in [-0.2, -0.15) is 0 Å². The lowest BCUT2D eigenvalue weighted by Gasteiger charge is -2.17. The highest BCUT2D eigenvalue weighted by molar-refractivity contribution is 5.79. The van der Waals surface area contributed by atoms with Crippen molar-refractivity contribution in [3.05, 3.63) is 24.3 Å². The number of carbonyl (C=O) groups excluding carboxylic acids is 1. The molecule has 1 N–H and O–H groups in total. The standard InChI is InChI=1S/C24H42O4/c1-3-5-7-9-10-11-12-13-15-21-24(27)28-22(18-14-8-6-4-2)19-16-17-20-23(25)26/h10-11,17,20,22H,3-9,12-16,18-19,21H2,1-2H3,(H,25,26). The van der Waals surface area contributed by atoms with E-state index in [0.29, 0.717) is 19.3 Å². The molecule has 0 aromatic carbocycles. The lowest BCUT2D eigenvalue weighted by atomic mass is 10.0. The Labute approximate surface area is 172 Å². The summed E-state index contributed by atoms with van der Waals surface area (Å²) in [5, 5.41) is 8.66. The molecule has 1 atom stereocenters. The van der Waals surface area contributed by atoms with Crippen LogP contribution in [0.15, 0.2) is 24.3 Å². The van der Waals surface area contributed by atoms with Crippen molar-refractivity contribution in [1.82, 2.24) is 0 Å². The van der Waals surface area contributed by atoms with Crippen molar-refractivity contribution >= 4 is 11.9 Å². The number of allylic oxidation sites excluding steroid dienone is 3. The molecule has 0 rings (SSSR count). The third kappa shape index (κ3) is 19.2. The fourth-order valence-corrected chi connectivity index (χ4v) is 3.05. The lowest BCUT2D eigenvalue weighted by Crippen LogP contribution is -2.18. The molecule has 0 radical (unpaired) electrons. The van der Waals surface area contributed by atoms with E-state index in [0.717, 1.165) is 51.0 Å². The Morgan fingerprint density at radius 2 is 1.43 bits per heavy atom. The number of carbonyl (C=O) groups is 2. The van der Waals surface area contributed by atoms with Gasteiger partial charge in [0.25, 0.3) is 0 Å². The molecule has 0 aliphatic carbocycles. The molecule has 1 unspecified atom stereocenters. The second-order valence-corrected chi connectivity index (χ2v) is 7.49. The monoisotopic (exact) mass is 394 g/mol. The number of esters is 1. The highest BCUT2D eigenvalue weighted by Gasteiger charge is 2.13. The maximum atomic E-state index is 12.1. The molecule has 28 heavy (non-hydrogen) atoms. The minimum Gasteiger partial charge on any atom is -0.478 e. The Morgan fingerprint density at radius 3 is 2.07 bits per heavy atom. The predicted octanol–water partition coefficient (Wildman–Crippen LogP) is 6.99. The summed E-state index contributed by atoms with van der Waals surface area (Å²) in [6.07, 6.45) is 22.3. The van der Waals surface area contributed by atoms with E-state index >= 15 is 0 Å². The molecule has 4 nitrogen and oxygen atoms in total. The molecule has 0 aromatic rings. The van der Waals surface area contributed by atoms with Crippen LogP contribution in [-0.4, -0.2) is 23.1 Å². The van der Waals surface area contributed by atoms with Gasteiger partial charge in [-0.15, -0.1) is 0 Å². The maximum Gasteiger partial charge on any atom is 0.327 e. The van der Waals surface area contributed by atoms with Crippen LogP contribution in [0.5, 0.6) is 0 Å². The smallest absolute Gasteiger partial charge is 0.327 e. The second kappa shape index (κ2) is 20.2. The zero-order valence-corrected chi connectivity index (χ0v) is 18.2. The van der Waals surface area contributed by atoms with Gasteiger partial charge in [0.05, 0.1) is 0 Å². The average Bonchev–Trinajstić information content (AvgIpc) is 2.66. The van der Waals surface area contributed by atoms with Crippen molar-refractivity contribution in [1.29, 1.82) is 0 Å². The van der Waals surface area contributed by atoms with Crippen molar-refractivity contribution < 1.29 is 19.4 Å². The van der Waals surface area contributed by atoms with Crippen LogP contribution in [0, 0.1) is 0 Å². The second-order valence-electron chi connectivity index (χ2n) is 7.49. The summed E-state index contributed by atoms with van der Waals surface area (Å²) in [5.74, 6) is -1.05. The van der Waals surface area contributed by atoms with Crippen molar-refractivity contribution in [2.45, 2.75) is 116 Å². The van der Waals surface area contributed by atoms with Gasteiger partial charge in [-0.3, -0.25) is 4.79 Å². The van der Waals surface area contributed by atoms with Gasteiger partial charge in [0, 0.05) is 12.5 Å². The van der Waals surface area contributed by atoms with Crippen LogP contribution in [0.4, 0.5) is 0 Å². The normalized spacial score (nSPS) is 12.6. The summed E-state index contributed by atoms with van der Waals surface area (Å²) in [5.41, 5.74) is 0. The Hall–Kier alpha value is -1.58. The van der Waals surface area contributed by atoms with E-state index in [2.05, 4.69) is 26.0 Å². The zero-order chi connectivity index (χ0) is 20.9. The molecule has 0 saturated heterocycles. The van der Waals surface area contributed by atoms with Gasteiger partial charge < -0.3 is 9.84 Å². The summed E-state index contributed by atoms with van der Waals surface area (Å²) >= 11 is 0. The van der Waals surface area contributed by atoms with Gasteiger partial charge in [0.1, 0.15) is 6.10 Å². The minimum atomic E-state index is -0.934. The molecule has 4 heteroatoms. The first-order valence-corrected chi connectivity index (χ1v) is 11.3. The van der Waals surface area contributed by atoms with E-state index in [1.807, 2.05) is 0 Å². The van der Waals surface area contributed by atoms with Gasteiger partial charge in [-0.25, -0.2) is 4.79 Å². The van der Waals surface area contributed by atoms with E-state index in [1.165, 1.54) is 32.1 Å². The molecular formula is C24H42O4. The molecule has 0 saturated carbocycles. The van der Waals surface area contributed by atoms with Crippen molar-refractivity contribution in [3.8, 4) is 0 Å². The zero-order valence-electron chi connectivity index (χ0n) is 18.2. The number of rotatable bonds is 19. The molecule has 0 amide bonds. The van der Waals surface area contributed by atoms with Gasteiger partial charge in [-0.1, -0.05) is 64.2 Å². The van der Waals surface area contributed by atoms with Crippen LogP contribution in [0.1, 0.15) is 110 Å². The van der Waals surface area contributed by atoms with Crippen LogP contribution < -0.4 is 0 Å². The average molecular weight is 395 g/mol. The van der Waals surface area contributed by atoms with Crippen LogP contribution in [0.25, 0.3) is 0 Å². The predicted molar refractivity (Wildman–Crippen MR) is 116 cm³/mol. The van der Waals surface area contributed by atoms with Gasteiger partial charge >= 0.3 is 11.9 Å². The van der Waals surface area contributed by atoms with E-state index in [4.69, 9.17) is 9.84 Å². The third-order valence-corrected chi connectivity index (χ3v) is 4.74. The van der Waals surface area contributed by atoms with Crippen LogP contribution in [-0.2, 0) is 14.3 Å². The molecule has 0 aliphatic heterocycles. The summed E-state index contributed by atoms with van der Waals surface area (Å²) in [6.45, 7) is 4.39. The summed E-state index contributed by atoms with van der Waals surface area (Å²) in [4.78, 5) is 22.7. The molecule has 0 spiro atoms. The summed E-state index contributed by atoms with van der Waals surface area (Å²) in [6, 6.07) is 0. The SMILES string of the molecule is CCCCCC=CCCCCC(=O)OC(CCC=CC(=O)O)CCCCCC. The van der Waals surface area contributed by atoms with Gasteiger partial charge in [-0.05, 0) is 57.8 Å². The summed E-state index contributed by atoms with van der Waals surface area (Å²) in [7, 11) is 0. The highest BCUT2D eigenvalue weighted by atomic mass is 16.5. The quantitative estimate of drug-likeness (QED) is 0.111. The number of hydrogen-bond acceptors (Lipinski definition) is 3. The largest absolute Gasteiger partial charge is 0.478 e. The Bertz CT molecular complexity index is 440. The first kappa shape index (κ1) is 26.4. The third-order valence-electron chi connectivity index (χ3n) is 4.74. The van der Waals surface area contributed by atoms with Gasteiger partial charge in [0.2, 0.25) is 0 Å². The molecule has 0 bridgehead atoms. The van der Waals surface area contributed by atoms with Gasteiger partial charge in [0.15, 0.2) is 0 Å². The number of carboxylic acid groups (broad SMARTS) is 1. The first-order chi connectivity index (χ1) is 13.6. The molecule has 162 valence electrons. The first-order valence-electron chi connectivity index (χ1n) is 11.3. The number of ether oxygens (including phenoxy) is 1. The van der Waals surface area contributed by atoms with Crippen LogP contribution in [0.2, 0.25) is 0 Å². The van der Waals surface area contributed by atoms with Crippen molar-refractivity contribution in [2.24, 2.45) is 0 Å². The van der Waals surface area contributed by atoms with Crippen LogP contribution in [0.3, 0.4) is 0 Å². The fraction of sp³-hybridized carbons (Fsp3) is 0.750. The number of carboxylic acids is 1.